The van der Waals surface area contributed by atoms with Crippen molar-refractivity contribution in [2.24, 2.45) is 0 Å². The predicted molar refractivity (Wildman–Crippen MR) is 128 cm³/mol. The van der Waals surface area contributed by atoms with Crippen molar-refractivity contribution in [3.63, 3.8) is 0 Å². The highest BCUT2D eigenvalue weighted by Crippen LogP contribution is 2.44. The molecule has 156 valence electrons. The molecule has 0 bridgehead atoms. The van der Waals surface area contributed by atoms with Gasteiger partial charge in [-0.3, -0.25) is 0 Å². The molecule has 3 aromatic carbocycles. The molecular weight excluding hydrogens is 426 g/mol. The molecule has 0 saturated carbocycles. The van der Waals surface area contributed by atoms with Crippen molar-refractivity contribution in [3.05, 3.63) is 111 Å². The zero-order chi connectivity index (χ0) is 21.2. The average Bonchev–Trinajstić information content (AvgIpc) is 3.37. The molecule has 5 heteroatoms. The number of para-hydroxylation sites is 1. The van der Waals surface area contributed by atoms with E-state index in [9.17, 15) is 5.11 Å². The van der Waals surface area contributed by atoms with Crippen molar-refractivity contribution in [2.45, 2.75) is 19.1 Å². The minimum atomic E-state index is 0.0758. The van der Waals surface area contributed by atoms with E-state index in [1.807, 2.05) is 48.5 Å². The van der Waals surface area contributed by atoms with Gasteiger partial charge >= 0.3 is 0 Å². The maximum Gasteiger partial charge on any atom is 0.120 e. The van der Waals surface area contributed by atoms with E-state index >= 15 is 0 Å². The molecule has 1 N–H and O–H groups in total. The van der Waals surface area contributed by atoms with E-state index in [4.69, 9.17) is 16.3 Å². The first-order valence-electron chi connectivity index (χ1n) is 10.2. The first-order chi connectivity index (χ1) is 15.2. The zero-order valence-electron chi connectivity index (χ0n) is 16.9. The van der Waals surface area contributed by atoms with E-state index in [2.05, 4.69) is 35.2 Å². The molecule has 1 aromatic heterocycles. The number of phenolic OH excluding ortho intramolecular Hbond substituents is 1. The summed E-state index contributed by atoms with van der Waals surface area (Å²) in [5.41, 5.74) is 4.43. The number of fused-ring (bicyclic) bond motifs is 1. The molecule has 0 fully saturated rings. The van der Waals surface area contributed by atoms with Crippen molar-refractivity contribution >= 4 is 28.6 Å². The smallest absolute Gasteiger partial charge is 0.120 e. The second-order valence-corrected chi connectivity index (χ2v) is 9.49. The second kappa shape index (κ2) is 8.66. The van der Waals surface area contributed by atoms with Gasteiger partial charge in [0.2, 0.25) is 0 Å². The van der Waals surface area contributed by atoms with E-state index in [1.165, 1.54) is 16.1 Å². The number of aromatic hydroxyl groups is 1. The maximum atomic E-state index is 10.7. The number of hydrogen-bond acceptors (Lipinski definition) is 4. The van der Waals surface area contributed by atoms with Gasteiger partial charge in [0.05, 0.1) is 10.9 Å². The number of benzene rings is 3. The minimum Gasteiger partial charge on any atom is -0.508 e. The van der Waals surface area contributed by atoms with Gasteiger partial charge in [0.1, 0.15) is 18.1 Å². The highest BCUT2D eigenvalue weighted by Gasteiger charge is 2.31. The third-order valence-corrected chi connectivity index (χ3v) is 6.87. The molecule has 0 saturated heterocycles. The van der Waals surface area contributed by atoms with Crippen LogP contribution in [0.3, 0.4) is 0 Å². The Morgan fingerprint density at radius 1 is 0.935 bits per heavy atom. The number of halogens is 1. The molecule has 3 nitrogen and oxygen atoms in total. The number of anilines is 1. The Morgan fingerprint density at radius 3 is 2.55 bits per heavy atom. The quantitative estimate of drug-likeness (QED) is 0.351. The fourth-order valence-electron chi connectivity index (χ4n) is 4.17. The van der Waals surface area contributed by atoms with Crippen LogP contribution in [0.2, 0.25) is 4.34 Å². The summed E-state index contributed by atoms with van der Waals surface area (Å²) in [6, 6.07) is 28.1. The van der Waals surface area contributed by atoms with Gasteiger partial charge in [-0.2, -0.15) is 0 Å². The van der Waals surface area contributed by atoms with E-state index in [-0.39, 0.29) is 5.92 Å². The van der Waals surface area contributed by atoms with Crippen LogP contribution in [-0.4, -0.2) is 11.7 Å². The standard InChI is InChI=1S/C26H22ClNO2S/c27-26-13-11-20(31-26)15-28-16-23(21-8-4-5-9-24(21)28)22-14-19(10-12-25(22)29)30-17-18-6-2-1-3-7-18/h1-14,23,29H,15-17H2. The lowest BCUT2D eigenvalue weighted by atomic mass is 9.92. The number of phenols is 1. The summed E-state index contributed by atoms with van der Waals surface area (Å²) in [7, 11) is 0. The Balaban J connectivity index is 1.41. The van der Waals surface area contributed by atoms with Crippen LogP contribution in [0, 0.1) is 0 Å². The Kier molecular flexibility index (Phi) is 5.58. The minimum absolute atomic E-state index is 0.0758. The van der Waals surface area contributed by atoms with Crippen molar-refractivity contribution in [1.29, 1.82) is 0 Å². The SMILES string of the molecule is Oc1ccc(OCc2ccccc2)cc1C1CN(Cc2ccc(Cl)s2)c2ccccc21. The van der Waals surface area contributed by atoms with Crippen molar-refractivity contribution in [2.75, 3.05) is 11.4 Å². The highest BCUT2D eigenvalue weighted by molar-refractivity contribution is 7.16. The Morgan fingerprint density at radius 2 is 1.74 bits per heavy atom. The number of thiophene rings is 1. The lowest BCUT2D eigenvalue weighted by molar-refractivity contribution is 0.305. The Bertz CT molecular complexity index is 1190. The third-order valence-electron chi connectivity index (χ3n) is 5.65. The molecule has 1 atom stereocenters. The summed E-state index contributed by atoms with van der Waals surface area (Å²) in [5, 5.41) is 10.7. The van der Waals surface area contributed by atoms with Gasteiger partial charge in [-0.25, -0.2) is 0 Å². The molecule has 31 heavy (non-hydrogen) atoms. The molecule has 4 aromatic rings. The molecular formula is C26H22ClNO2S. The molecule has 1 aliphatic heterocycles. The Labute approximate surface area is 191 Å². The number of hydrogen-bond donors (Lipinski definition) is 1. The number of nitrogens with zero attached hydrogens (tertiary/aromatic N) is 1. The van der Waals surface area contributed by atoms with Crippen LogP contribution in [0.25, 0.3) is 0 Å². The van der Waals surface area contributed by atoms with Crippen LogP contribution in [0.4, 0.5) is 5.69 Å². The summed E-state index contributed by atoms with van der Waals surface area (Å²) >= 11 is 7.75. The van der Waals surface area contributed by atoms with E-state index < -0.39 is 0 Å². The Hall–Kier alpha value is -2.95. The van der Waals surface area contributed by atoms with Gasteiger partial charge in [0.25, 0.3) is 0 Å². The summed E-state index contributed by atoms with van der Waals surface area (Å²) in [6.45, 7) is 2.10. The van der Waals surface area contributed by atoms with E-state index in [0.717, 1.165) is 34.3 Å². The van der Waals surface area contributed by atoms with Gasteiger partial charge in [0, 0.05) is 28.6 Å². The van der Waals surface area contributed by atoms with Gasteiger partial charge in [0.15, 0.2) is 0 Å². The predicted octanol–water partition coefficient (Wildman–Crippen LogP) is 6.84. The van der Waals surface area contributed by atoms with Crippen LogP contribution >= 0.6 is 22.9 Å². The molecule has 1 unspecified atom stereocenters. The first kappa shape index (κ1) is 20.0. The summed E-state index contributed by atoms with van der Waals surface area (Å²) in [5.74, 6) is 1.14. The average molecular weight is 448 g/mol. The van der Waals surface area contributed by atoms with E-state index in [0.29, 0.717) is 12.4 Å². The van der Waals surface area contributed by atoms with Gasteiger partial charge in [-0.1, -0.05) is 60.1 Å². The normalized spacial score (nSPS) is 15.1. The number of rotatable bonds is 6. The molecule has 1 aliphatic rings. The van der Waals surface area contributed by atoms with E-state index in [1.54, 1.807) is 17.4 Å². The third kappa shape index (κ3) is 4.27. The molecule has 0 radical (unpaired) electrons. The van der Waals surface area contributed by atoms with Crippen LogP contribution in [-0.2, 0) is 13.2 Å². The van der Waals surface area contributed by atoms with Crippen LogP contribution in [0.5, 0.6) is 11.5 Å². The first-order valence-corrected chi connectivity index (χ1v) is 11.4. The molecule has 0 aliphatic carbocycles. The monoisotopic (exact) mass is 447 g/mol. The van der Waals surface area contributed by atoms with Gasteiger partial charge < -0.3 is 14.7 Å². The van der Waals surface area contributed by atoms with Crippen molar-refractivity contribution in [1.82, 2.24) is 0 Å². The summed E-state index contributed by atoms with van der Waals surface area (Å²) < 4.78 is 6.83. The highest BCUT2D eigenvalue weighted by atomic mass is 35.5. The summed E-state index contributed by atoms with van der Waals surface area (Å²) in [6.07, 6.45) is 0. The van der Waals surface area contributed by atoms with Gasteiger partial charge in [-0.15, -0.1) is 11.3 Å². The maximum absolute atomic E-state index is 10.7. The van der Waals surface area contributed by atoms with Gasteiger partial charge in [-0.05, 0) is 47.5 Å². The van der Waals surface area contributed by atoms with Crippen LogP contribution < -0.4 is 9.64 Å². The topological polar surface area (TPSA) is 32.7 Å². The van der Waals surface area contributed by atoms with Crippen LogP contribution in [0.15, 0.2) is 84.9 Å². The largest absolute Gasteiger partial charge is 0.508 e. The fourth-order valence-corrected chi connectivity index (χ4v) is 5.27. The van der Waals surface area contributed by atoms with Crippen LogP contribution in [0.1, 0.15) is 27.5 Å². The van der Waals surface area contributed by atoms with Crippen molar-refractivity contribution < 1.29 is 9.84 Å². The lowest BCUT2D eigenvalue weighted by Crippen LogP contribution is -2.21. The fraction of sp³-hybridized carbons (Fsp3) is 0.154. The molecule has 0 amide bonds. The second-order valence-electron chi connectivity index (χ2n) is 7.69. The zero-order valence-corrected chi connectivity index (χ0v) is 18.4. The molecule has 2 heterocycles. The number of ether oxygens (including phenoxy) is 1. The summed E-state index contributed by atoms with van der Waals surface area (Å²) in [4.78, 5) is 3.59. The molecule has 0 spiro atoms. The lowest BCUT2D eigenvalue weighted by Gasteiger charge is -2.19. The molecule has 5 rings (SSSR count). The van der Waals surface area contributed by atoms with Crippen molar-refractivity contribution in [3.8, 4) is 11.5 Å².